The van der Waals surface area contributed by atoms with Gasteiger partial charge in [-0.25, -0.2) is 0 Å². The number of hydrazine groups is 1. The Morgan fingerprint density at radius 2 is 2.43 bits per heavy atom. The summed E-state index contributed by atoms with van der Waals surface area (Å²) in [5.41, 5.74) is 5.04. The molecule has 3 heteroatoms. The molecule has 3 nitrogen and oxygen atoms in total. The fourth-order valence-corrected chi connectivity index (χ4v) is 1.30. The smallest absolute Gasteiger partial charge is 0.0586 e. The van der Waals surface area contributed by atoms with E-state index in [-0.39, 0.29) is 6.04 Å². The van der Waals surface area contributed by atoms with E-state index in [9.17, 15) is 0 Å². The van der Waals surface area contributed by atoms with Crippen LogP contribution in [0, 0.1) is 18.8 Å². The second-order valence-corrected chi connectivity index (χ2v) is 3.08. The molecule has 14 heavy (non-hydrogen) atoms. The molecular weight excluding hydrogens is 174 g/mol. The van der Waals surface area contributed by atoms with E-state index in [1.54, 1.807) is 6.20 Å². The van der Waals surface area contributed by atoms with Crippen molar-refractivity contribution in [3.63, 3.8) is 0 Å². The number of aromatic nitrogens is 1. The molecule has 1 aromatic heterocycles. The van der Waals surface area contributed by atoms with Gasteiger partial charge in [0.2, 0.25) is 0 Å². The Morgan fingerprint density at radius 1 is 1.64 bits per heavy atom. The highest BCUT2D eigenvalue weighted by Gasteiger charge is 2.10. The summed E-state index contributed by atoms with van der Waals surface area (Å²) in [4.78, 5) is 4.08. The molecule has 0 bridgehead atoms. The van der Waals surface area contributed by atoms with Crippen LogP contribution in [-0.2, 0) is 0 Å². The number of nitrogens with zero attached hydrogens (tertiary/aromatic N) is 1. The summed E-state index contributed by atoms with van der Waals surface area (Å²) in [6.07, 6.45) is 4.31. The van der Waals surface area contributed by atoms with Crippen LogP contribution in [0.2, 0.25) is 0 Å². The second-order valence-electron chi connectivity index (χ2n) is 3.08. The largest absolute Gasteiger partial charge is 0.271 e. The number of rotatable bonds is 3. The Hall–Kier alpha value is -1.37. The molecule has 0 saturated carbocycles. The Kier molecular flexibility index (Phi) is 4.11. The summed E-state index contributed by atoms with van der Waals surface area (Å²) in [5, 5.41) is 0. The molecule has 0 radical (unpaired) electrons. The lowest BCUT2D eigenvalue weighted by Gasteiger charge is -2.14. The van der Waals surface area contributed by atoms with Gasteiger partial charge in [-0.15, -0.1) is 11.8 Å². The van der Waals surface area contributed by atoms with E-state index in [0.717, 1.165) is 5.56 Å². The van der Waals surface area contributed by atoms with Crippen LogP contribution < -0.4 is 11.3 Å². The Labute approximate surface area is 84.7 Å². The lowest BCUT2D eigenvalue weighted by atomic mass is 10.0. The summed E-state index contributed by atoms with van der Waals surface area (Å²) in [7, 11) is 0. The second kappa shape index (κ2) is 5.38. The maximum Gasteiger partial charge on any atom is 0.0586 e. The van der Waals surface area contributed by atoms with Crippen LogP contribution in [0.3, 0.4) is 0 Å². The number of aryl methyl sites for hydroxylation is 1. The molecule has 0 aliphatic rings. The van der Waals surface area contributed by atoms with Crippen LogP contribution >= 0.6 is 0 Å². The molecule has 1 aromatic rings. The highest BCUT2D eigenvalue weighted by atomic mass is 15.2. The van der Waals surface area contributed by atoms with Crippen molar-refractivity contribution in [3.8, 4) is 11.8 Å². The van der Waals surface area contributed by atoms with Crippen LogP contribution in [-0.4, -0.2) is 4.98 Å². The number of nitrogens with one attached hydrogen (secondary N) is 1. The molecule has 1 rings (SSSR count). The molecule has 0 amide bonds. The summed E-state index contributed by atoms with van der Waals surface area (Å²) in [6.45, 7) is 3.87. The van der Waals surface area contributed by atoms with Crippen LogP contribution in [0.1, 0.15) is 30.5 Å². The van der Waals surface area contributed by atoms with E-state index < -0.39 is 0 Å². The molecule has 0 aliphatic carbocycles. The highest BCUT2D eigenvalue weighted by molar-refractivity contribution is 5.26. The van der Waals surface area contributed by atoms with Crippen molar-refractivity contribution < 1.29 is 0 Å². The number of hydrogen-bond acceptors (Lipinski definition) is 3. The Balaban J connectivity index is 2.87. The highest BCUT2D eigenvalue weighted by Crippen LogP contribution is 2.17. The summed E-state index contributed by atoms with van der Waals surface area (Å²) in [5.74, 6) is 11.3. The molecule has 0 saturated heterocycles. The van der Waals surface area contributed by atoms with E-state index >= 15 is 0 Å². The van der Waals surface area contributed by atoms with Crippen LogP contribution in [0.15, 0.2) is 18.5 Å². The molecule has 1 heterocycles. The van der Waals surface area contributed by atoms with E-state index in [1.807, 2.05) is 26.1 Å². The van der Waals surface area contributed by atoms with Crippen molar-refractivity contribution in [1.82, 2.24) is 10.4 Å². The van der Waals surface area contributed by atoms with Crippen LogP contribution in [0.4, 0.5) is 0 Å². The van der Waals surface area contributed by atoms with Crippen LogP contribution in [0.25, 0.3) is 0 Å². The predicted molar refractivity (Wildman–Crippen MR) is 57.1 cm³/mol. The molecule has 74 valence electrons. The SMILES string of the molecule is CC#CCC(NN)c1cnccc1C. The van der Waals surface area contributed by atoms with Crippen molar-refractivity contribution in [2.75, 3.05) is 0 Å². The van der Waals surface area contributed by atoms with Gasteiger partial charge in [0.15, 0.2) is 0 Å². The van der Waals surface area contributed by atoms with Crippen LogP contribution in [0.5, 0.6) is 0 Å². The quantitative estimate of drug-likeness (QED) is 0.428. The normalized spacial score (nSPS) is 11.6. The molecule has 0 aromatic carbocycles. The number of nitrogens with two attached hydrogens (primary N) is 1. The van der Waals surface area contributed by atoms with Crippen molar-refractivity contribution >= 4 is 0 Å². The van der Waals surface area contributed by atoms with E-state index in [2.05, 4.69) is 22.3 Å². The van der Waals surface area contributed by atoms with Gasteiger partial charge in [0.25, 0.3) is 0 Å². The molecule has 0 fully saturated rings. The fourth-order valence-electron chi connectivity index (χ4n) is 1.30. The van der Waals surface area contributed by atoms with Gasteiger partial charge in [-0.2, -0.15) is 0 Å². The third kappa shape index (κ3) is 2.56. The average Bonchev–Trinajstić information content (AvgIpc) is 2.21. The topological polar surface area (TPSA) is 50.9 Å². The first-order valence-corrected chi connectivity index (χ1v) is 4.55. The minimum atomic E-state index is 0.0659. The van der Waals surface area contributed by atoms with Gasteiger partial charge in [-0.1, -0.05) is 0 Å². The minimum absolute atomic E-state index is 0.0659. The third-order valence-electron chi connectivity index (χ3n) is 2.14. The molecule has 1 atom stereocenters. The zero-order valence-electron chi connectivity index (χ0n) is 8.54. The molecule has 0 aliphatic heterocycles. The molecule has 1 unspecified atom stereocenters. The fraction of sp³-hybridized carbons (Fsp3) is 0.364. The first-order valence-electron chi connectivity index (χ1n) is 4.55. The van der Waals surface area contributed by atoms with Gasteiger partial charge >= 0.3 is 0 Å². The van der Waals surface area contributed by atoms with Crippen molar-refractivity contribution in [2.45, 2.75) is 26.3 Å². The molecule has 0 spiro atoms. The lowest BCUT2D eigenvalue weighted by Crippen LogP contribution is -2.28. The van der Waals surface area contributed by atoms with Crippen molar-refractivity contribution in [1.29, 1.82) is 0 Å². The summed E-state index contributed by atoms with van der Waals surface area (Å²) in [6, 6.07) is 2.04. The lowest BCUT2D eigenvalue weighted by molar-refractivity contribution is 0.563. The summed E-state index contributed by atoms with van der Waals surface area (Å²) >= 11 is 0. The minimum Gasteiger partial charge on any atom is -0.271 e. The standard InChI is InChI=1S/C11H15N3/c1-3-4-5-11(14-12)10-8-13-7-6-9(10)2/h6-8,11,14H,5,12H2,1-2H3. The maximum atomic E-state index is 5.47. The van der Waals surface area contributed by atoms with E-state index in [1.165, 1.54) is 5.56 Å². The first-order chi connectivity index (χ1) is 6.79. The Bertz CT molecular complexity index is 349. The monoisotopic (exact) mass is 189 g/mol. The van der Waals surface area contributed by atoms with Gasteiger partial charge in [-0.05, 0) is 31.0 Å². The third-order valence-corrected chi connectivity index (χ3v) is 2.14. The predicted octanol–water partition coefficient (Wildman–Crippen LogP) is 1.31. The molecule has 3 N–H and O–H groups in total. The average molecular weight is 189 g/mol. The van der Waals surface area contributed by atoms with Crippen molar-refractivity contribution in [2.24, 2.45) is 5.84 Å². The van der Waals surface area contributed by atoms with Gasteiger partial charge in [-0.3, -0.25) is 16.3 Å². The van der Waals surface area contributed by atoms with E-state index in [4.69, 9.17) is 5.84 Å². The van der Waals surface area contributed by atoms with Gasteiger partial charge in [0.05, 0.1) is 6.04 Å². The zero-order chi connectivity index (χ0) is 10.4. The van der Waals surface area contributed by atoms with Crippen molar-refractivity contribution in [3.05, 3.63) is 29.6 Å². The number of pyridine rings is 1. The van der Waals surface area contributed by atoms with Gasteiger partial charge < -0.3 is 0 Å². The first kappa shape index (κ1) is 10.7. The Morgan fingerprint density at radius 3 is 3.00 bits per heavy atom. The summed E-state index contributed by atoms with van der Waals surface area (Å²) < 4.78 is 0. The number of hydrogen-bond donors (Lipinski definition) is 2. The molecular formula is C11H15N3. The zero-order valence-corrected chi connectivity index (χ0v) is 8.54. The maximum absolute atomic E-state index is 5.47. The van der Waals surface area contributed by atoms with E-state index in [0.29, 0.717) is 6.42 Å². The van der Waals surface area contributed by atoms with Gasteiger partial charge in [0, 0.05) is 18.8 Å². The van der Waals surface area contributed by atoms with Gasteiger partial charge in [0.1, 0.15) is 0 Å².